The lowest BCUT2D eigenvalue weighted by Crippen LogP contribution is -2.27. The maximum atomic E-state index is 12.0. The second-order valence-corrected chi connectivity index (χ2v) is 7.63. The molecule has 1 aromatic carbocycles. The minimum atomic E-state index is -0.416. The number of aromatic nitrogens is 4. The first-order chi connectivity index (χ1) is 11.3. The first-order valence-electron chi connectivity index (χ1n) is 7.60. The van der Waals surface area contributed by atoms with Crippen LogP contribution in [-0.2, 0) is 4.79 Å². The van der Waals surface area contributed by atoms with Gasteiger partial charge in [0.05, 0.1) is 0 Å². The Morgan fingerprint density at radius 2 is 1.92 bits per heavy atom. The molecule has 0 unspecified atom stereocenters. The number of aryl methyl sites for hydroxylation is 1. The maximum absolute atomic E-state index is 12.0. The van der Waals surface area contributed by atoms with Gasteiger partial charge in [-0.15, -0.1) is 0 Å². The molecule has 3 aromatic rings. The number of nitrogens with one attached hydrogen (secondary N) is 1. The molecule has 0 bridgehead atoms. The number of benzene rings is 1. The van der Waals surface area contributed by atoms with E-state index in [1.165, 1.54) is 6.33 Å². The summed E-state index contributed by atoms with van der Waals surface area (Å²) in [6.07, 6.45) is 1.50. The summed E-state index contributed by atoms with van der Waals surface area (Å²) in [4.78, 5) is 21.5. The van der Waals surface area contributed by atoms with Crippen LogP contribution >= 0.6 is 11.8 Å². The van der Waals surface area contributed by atoms with Crippen molar-refractivity contribution in [2.45, 2.75) is 37.6 Å². The Kier molecular flexibility index (Phi) is 4.28. The number of rotatable bonds is 3. The van der Waals surface area contributed by atoms with Crippen LogP contribution in [0.15, 0.2) is 46.6 Å². The van der Waals surface area contributed by atoms with Crippen LogP contribution in [0.3, 0.4) is 0 Å². The number of anilines is 1. The summed E-state index contributed by atoms with van der Waals surface area (Å²) < 4.78 is 1.72. The Bertz CT molecular complexity index is 880. The van der Waals surface area contributed by atoms with E-state index in [4.69, 9.17) is 0 Å². The molecule has 3 rings (SSSR count). The number of hydrogen-bond donors (Lipinski definition) is 1. The van der Waals surface area contributed by atoms with Gasteiger partial charge in [0.25, 0.3) is 5.78 Å². The summed E-state index contributed by atoms with van der Waals surface area (Å²) in [6, 6.07) is 9.72. The lowest BCUT2D eigenvalue weighted by atomic mass is 9.95. The zero-order valence-corrected chi connectivity index (χ0v) is 14.9. The third kappa shape index (κ3) is 3.56. The van der Waals surface area contributed by atoms with Gasteiger partial charge in [0.1, 0.15) is 11.4 Å². The van der Waals surface area contributed by atoms with E-state index < -0.39 is 5.41 Å². The average molecular weight is 341 g/mol. The molecular weight excluding hydrogens is 322 g/mol. The van der Waals surface area contributed by atoms with Crippen LogP contribution in [-0.4, -0.2) is 25.5 Å². The second kappa shape index (κ2) is 6.24. The smallest absolute Gasteiger partial charge is 0.253 e. The molecule has 0 spiro atoms. The third-order valence-corrected chi connectivity index (χ3v) is 4.37. The van der Waals surface area contributed by atoms with E-state index in [0.717, 1.165) is 21.3 Å². The van der Waals surface area contributed by atoms with Gasteiger partial charge in [-0.3, -0.25) is 4.79 Å². The quantitative estimate of drug-likeness (QED) is 0.737. The fraction of sp³-hybridized carbons (Fsp3) is 0.294. The van der Waals surface area contributed by atoms with E-state index in [1.807, 2.05) is 58.0 Å². The normalized spacial score (nSPS) is 11.7. The van der Waals surface area contributed by atoms with E-state index >= 15 is 0 Å². The lowest BCUT2D eigenvalue weighted by Gasteiger charge is -2.17. The molecule has 0 aliphatic carbocycles. The SMILES string of the molecule is Cc1cc(Sc2ccc(NC(=O)C(C)(C)C)cc2)n2ncnc2n1. The van der Waals surface area contributed by atoms with Gasteiger partial charge in [-0.1, -0.05) is 32.5 Å². The van der Waals surface area contributed by atoms with Crippen molar-refractivity contribution in [3.63, 3.8) is 0 Å². The van der Waals surface area contributed by atoms with Gasteiger partial charge in [-0.2, -0.15) is 14.6 Å². The largest absolute Gasteiger partial charge is 0.326 e. The van der Waals surface area contributed by atoms with Gasteiger partial charge in [0.15, 0.2) is 0 Å². The van der Waals surface area contributed by atoms with Gasteiger partial charge < -0.3 is 5.32 Å². The van der Waals surface area contributed by atoms with Crippen molar-refractivity contribution in [2.75, 3.05) is 5.32 Å². The van der Waals surface area contributed by atoms with Crippen molar-refractivity contribution in [3.05, 3.63) is 42.4 Å². The Morgan fingerprint density at radius 3 is 2.58 bits per heavy atom. The second-order valence-electron chi connectivity index (χ2n) is 6.54. The Morgan fingerprint density at radius 1 is 1.21 bits per heavy atom. The van der Waals surface area contributed by atoms with Gasteiger partial charge >= 0.3 is 0 Å². The molecule has 1 N–H and O–H groups in total. The number of nitrogens with zero attached hydrogens (tertiary/aromatic N) is 4. The van der Waals surface area contributed by atoms with Crippen molar-refractivity contribution >= 4 is 29.1 Å². The van der Waals surface area contributed by atoms with Gasteiger partial charge in [0.2, 0.25) is 5.91 Å². The monoisotopic (exact) mass is 341 g/mol. The zero-order valence-electron chi connectivity index (χ0n) is 14.1. The number of fused-ring (bicyclic) bond motifs is 1. The molecule has 7 heteroatoms. The number of amides is 1. The Labute approximate surface area is 144 Å². The van der Waals surface area contributed by atoms with Crippen molar-refractivity contribution < 1.29 is 4.79 Å². The maximum Gasteiger partial charge on any atom is 0.253 e. The van der Waals surface area contributed by atoms with E-state index in [0.29, 0.717) is 5.78 Å². The molecular formula is C17H19N5OS. The molecule has 0 saturated carbocycles. The van der Waals surface area contributed by atoms with Crippen LogP contribution in [0.25, 0.3) is 5.78 Å². The summed E-state index contributed by atoms with van der Waals surface area (Å²) in [7, 11) is 0. The van der Waals surface area contributed by atoms with Crippen LogP contribution in [0.4, 0.5) is 5.69 Å². The number of carbonyl (C=O) groups is 1. The molecule has 124 valence electrons. The molecule has 24 heavy (non-hydrogen) atoms. The van der Waals surface area contributed by atoms with Gasteiger partial charge in [-0.05, 0) is 37.3 Å². The standard InChI is InChI=1S/C17H19N5OS/c1-11-9-14(22-16(20-11)18-10-19-22)24-13-7-5-12(6-8-13)21-15(23)17(2,3)4/h5-10H,1-4H3,(H,21,23). The minimum absolute atomic E-state index is 0.00279. The van der Waals surface area contributed by atoms with Crippen molar-refractivity contribution in [1.29, 1.82) is 0 Å². The average Bonchev–Trinajstić information content (AvgIpc) is 2.96. The van der Waals surface area contributed by atoms with Crippen LogP contribution in [0, 0.1) is 12.3 Å². The number of hydrogen-bond acceptors (Lipinski definition) is 5. The molecule has 0 aliphatic heterocycles. The fourth-order valence-electron chi connectivity index (χ4n) is 2.02. The molecule has 0 aliphatic rings. The van der Waals surface area contributed by atoms with Crippen molar-refractivity contribution in [3.8, 4) is 0 Å². The Hall–Kier alpha value is -2.41. The third-order valence-electron chi connectivity index (χ3n) is 3.36. The number of carbonyl (C=O) groups excluding carboxylic acids is 1. The summed E-state index contributed by atoms with van der Waals surface area (Å²) in [5.74, 6) is 0.587. The molecule has 6 nitrogen and oxygen atoms in total. The molecule has 1 amide bonds. The van der Waals surface area contributed by atoms with Crippen LogP contribution in [0.2, 0.25) is 0 Å². The molecule has 0 saturated heterocycles. The van der Waals surface area contributed by atoms with Crippen LogP contribution in [0.5, 0.6) is 0 Å². The predicted octanol–water partition coefficient (Wildman–Crippen LogP) is 3.57. The van der Waals surface area contributed by atoms with Crippen LogP contribution < -0.4 is 5.32 Å². The highest BCUT2D eigenvalue weighted by Crippen LogP contribution is 2.29. The van der Waals surface area contributed by atoms with E-state index in [2.05, 4.69) is 20.4 Å². The summed E-state index contributed by atoms with van der Waals surface area (Å²) in [5.41, 5.74) is 1.27. The van der Waals surface area contributed by atoms with Crippen LogP contribution in [0.1, 0.15) is 26.5 Å². The van der Waals surface area contributed by atoms with E-state index in [1.54, 1.807) is 16.3 Å². The molecule has 2 aromatic heterocycles. The minimum Gasteiger partial charge on any atom is -0.326 e. The Balaban J connectivity index is 1.79. The lowest BCUT2D eigenvalue weighted by molar-refractivity contribution is -0.123. The molecule has 0 radical (unpaired) electrons. The van der Waals surface area contributed by atoms with E-state index in [9.17, 15) is 4.79 Å². The summed E-state index contributed by atoms with van der Waals surface area (Å²) in [6.45, 7) is 7.61. The topological polar surface area (TPSA) is 72.2 Å². The highest BCUT2D eigenvalue weighted by Gasteiger charge is 2.21. The highest BCUT2D eigenvalue weighted by atomic mass is 32.2. The predicted molar refractivity (Wildman–Crippen MR) is 94.2 cm³/mol. The molecule has 2 heterocycles. The highest BCUT2D eigenvalue weighted by molar-refractivity contribution is 7.99. The fourth-order valence-corrected chi connectivity index (χ4v) is 2.97. The first-order valence-corrected chi connectivity index (χ1v) is 8.41. The van der Waals surface area contributed by atoms with Gasteiger partial charge in [0, 0.05) is 21.7 Å². The van der Waals surface area contributed by atoms with Crippen molar-refractivity contribution in [2.24, 2.45) is 5.41 Å². The molecule has 0 fully saturated rings. The summed E-state index contributed by atoms with van der Waals surface area (Å²) in [5, 5.41) is 8.07. The van der Waals surface area contributed by atoms with E-state index in [-0.39, 0.29) is 5.91 Å². The van der Waals surface area contributed by atoms with Crippen molar-refractivity contribution in [1.82, 2.24) is 19.6 Å². The summed E-state index contributed by atoms with van der Waals surface area (Å²) >= 11 is 1.58. The first kappa shape index (κ1) is 16.4. The zero-order chi connectivity index (χ0) is 17.3. The molecule has 0 atom stereocenters. The van der Waals surface area contributed by atoms with Gasteiger partial charge in [-0.25, -0.2) is 4.98 Å².